The summed E-state index contributed by atoms with van der Waals surface area (Å²) in [5.74, 6) is 0.299. The van der Waals surface area contributed by atoms with E-state index in [0.29, 0.717) is 16.4 Å². The van der Waals surface area contributed by atoms with E-state index in [-0.39, 0.29) is 5.82 Å². The quantitative estimate of drug-likeness (QED) is 0.882. The van der Waals surface area contributed by atoms with Crippen LogP contribution in [0.3, 0.4) is 0 Å². The molecule has 1 aromatic heterocycles. The Morgan fingerprint density at radius 2 is 2.25 bits per heavy atom. The number of aromatic nitrogens is 2. The summed E-state index contributed by atoms with van der Waals surface area (Å²) in [6, 6.07) is 5.01. The first-order valence-electron chi connectivity index (χ1n) is 4.31. The van der Waals surface area contributed by atoms with Crippen molar-refractivity contribution >= 4 is 44.2 Å². The van der Waals surface area contributed by atoms with Gasteiger partial charge in [0.1, 0.15) is 5.82 Å². The summed E-state index contributed by atoms with van der Waals surface area (Å²) in [5, 5.41) is 7.97. The summed E-state index contributed by atoms with van der Waals surface area (Å²) < 4.78 is 14.9. The van der Waals surface area contributed by atoms with Gasteiger partial charge in [-0.25, -0.2) is 4.39 Å². The minimum absolute atomic E-state index is 0.223. The van der Waals surface area contributed by atoms with Crippen molar-refractivity contribution in [1.82, 2.24) is 10.2 Å². The second kappa shape index (κ2) is 5.11. The van der Waals surface area contributed by atoms with E-state index in [0.717, 1.165) is 8.81 Å². The number of nitrogens with zero attached hydrogens (tertiary/aromatic N) is 2. The van der Waals surface area contributed by atoms with Crippen LogP contribution in [0.15, 0.2) is 27.0 Å². The Labute approximate surface area is 108 Å². The summed E-state index contributed by atoms with van der Waals surface area (Å²) in [4.78, 5) is 0. The molecule has 0 aliphatic rings. The highest BCUT2D eigenvalue weighted by Crippen LogP contribution is 2.28. The van der Waals surface area contributed by atoms with Crippen molar-refractivity contribution in [1.29, 1.82) is 0 Å². The summed E-state index contributed by atoms with van der Waals surface area (Å²) >= 11 is 5.94. The second-order valence-corrected chi connectivity index (χ2v) is 6.08. The third-order valence-corrected chi connectivity index (χ3v) is 4.22. The van der Waals surface area contributed by atoms with Gasteiger partial charge in [0.05, 0.1) is 0 Å². The third-order valence-electron chi connectivity index (χ3n) is 1.79. The summed E-state index contributed by atoms with van der Waals surface area (Å²) in [6.45, 7) is 0. The molecule has 0 saturated carbocycles. The van der Waals surface area contributed by atoms with Gasteiger partial charge in [-0.1, -0.05) is 45.1 Å². The molecule has 0 radical (unpaired) electrons. The van der Waals surface area contributed by atoms with E-state index in [1.165, 1.54) is 29.2 Å². The standard InChI is InChI=1S/C9H7BrFN3S2/c10-6-2-1-5(7(11)3-6)4-15-9-14-13-8(12)16-9/h1-3H,4H2,(H2,12,13). The van der Waals surface area contributed by atoms with Crippen molar-refractivity contribution in [3.63, 3.8) is 0 Å². The fourth-order valence-corrected chi connectivity index (χ4v) is 3.01. The Kier molecular flexibility index (Phi) is 3.78. The van der Waals surface area contributed by atoms with Crippen LogP contribution < -0.4 is 5.73 Å². The van der Waals surface area contributed by atoms with Gasteiger partial charge in [0.15, 0.2) is 4.34 Å². The van der Waals surface area contributed by atoms with Gasteiger partial charge < -0.3 is 5.73 Å². The minimum atomic E-state index is -0.223. The van der Waals surface area contributed by atoms with Gasteiger partial charge in [-0.3, -0.25) is 0 Å². The number of benzene rings is 1. The van der Waals surface area contributed by atoms with E-state index in [1.54, 1.807) is 6.07 Å². The Hall–Kier alpha value is -0.660. The Morgan fingerprint density at radius 1 is 1.44 bits per heavy atom. The van der Waals surface area contributed by atoms with E-state index < -0.39 is 0 Å². The lowest BCUT2D eigenvalue weighted by Gasteiger charge is -2.01. The average Bonchev–Trinajstić information content (AvgIpc) is 2.63. The third kappa shape index (κ3) is 2.93. The maximum absolute atomic E-state index is 13.5. The van der Waals surface area contributed by atoms with Crippen LogP contribution in [0.5, 0.6) is 0 Å². The number of rotatable bonds is 3. The molecule has 16 heavy (non-hydrogen) atoms. The molecule has 0 atom stereocenters. The minimum Gasteiger partial charge on any atom is -0.374 e. The highest BCUT2D eigenvalue weighted by molar-refractivity contribution is 9.10. The number of hydrogen-bond acceptors (Lipinski definition) is 5. The van der Waals surface area contributed by atoms with Gasteiger partial charge in [-0.2, -0.15) is 0 Å². The molecule has 1 aromatic carbocycles. The maximum Gasteiger partial charge on any atom is 0.203 e. The monoisotopic (exact) mass is 319 g/mol. The molecule has 2 aromatic rings. The second-order valence-electron chi connectivity index (χ2n) is 2.93. The molecule has 0 bridgehead atoms. The predicted octanol–water partition coefficient (Wildman–Crippen LogP) is 3.31. The molecule has 0 fully saturated rings. The lowest BCUT2D eigenvalue weighted by atomic mass is 10.2. The molecule has 1 heterocycles. The van der Waals surface area contributed by atoms with Gasteiger partial charge in [0.2, 0.25) is 5.13 Å². The van der Waals surface area contributed by atoms with Gasteiger partial charge in [-0.15, -0.1) is 10.2 Å². The fraction of sp³-hybridized carbons (Fsp3) is 0.111. The first-order valence-corrected chi connectivity index (χ1v) is 6.90. The number of nitrogens with two attached hydrogens (primary N) is 1. The molecule has 84 valence electrons. The first-order chi connectivity index (χ1) is 7.65. The lowest BCUT2D eigenvalue weighted by Crippen LogP contribution is -1.87. The number of hydrogen-bond donors (Lipinski definition) is 1. The van der Waals surface area contributed by atoms with Crippen molar-refractivity contribution in [2.45, 2.75) is 10.1 Å². The van der Waals surface area contributed by atoms with Crippen LogP contribution >= 0.6 is 39.0 Å². The Morgan fingerprint density at radius 3 is 2.88 bits per heavy atom. The topological polar surface area (TPSA) is 51.8 Å². The van der Waals surface area contributed by atoms with Crippen LogP contribution in [0.25, 0.3) is 0 Å². The van der Waals surface area contributed by atoms with Crippen molar-refractivity contribution in [2.75, 3.05) is 5.73 Å². The molecule has 0 aliphatic carbocycles. The molecular formula is C9H7BrFN3S2. The van der Waals surface area contributed by atoms with E-state index in [4.69, 9.17) is 5.73 Å². The smallest absolute Gasteiger partial charge is 0.203 e. The van der Waals surface area contributed by atoms with E-state index >= 15 is 0 Å². The van der Waals surface area contributed by atoms with Crippen LogP contribution in [0.2, 0.25) is 0 Å². The molecule has 0 amide bonds. The highest BCUT2D eigenvalue weighted by atomic mass is 79.9. The normalized spacial score (nSPS) is 10.6. The highest BCUT2D eigenvalue weighted by Gasteiger charge is 2.06. The molecule has 3 nitrogen and oxygen atoms in total. The van der Waals surface area contributed by atoms with Crippen molar-refractivity contribution in [3.8, 4) is 0 Å². The Bertz CT molecular complexity index is 503. The van der Waals surface area contributed by atoms with E-state index in [1.807, 2.05) is 6.07 Å². The SMILES string of the molecule is Nc1nnc(SCc2ccc(Br)cc2F)s1. The molecular weight excluding hydrogens is 313 g/mol. The number of halogens is 2. The molecule has 0 saturated heterocycles. The van der Waals surface area contributed by atoms with Crippen molar-refractivity contribution in [2.24, 2.45) is 0 Å². The van der Waals surface area contributed by atoms with Crippen LogP contribution in [0.1, 0.15) is 5.56 Å². The van der Waals surface area contributed by atoms with Gasteiger partial charge in [0, 0.05) is 10.2 Å². The molecule has 7 heteroatoms. The first kappa shape index (κ1) is 11.8. The number of nitrogen functional groups attached to an aromatic ring is 1. The zero-order valence-electron chi connectivity index (χ0n) is 7.98. The lowest BCUT2D eigenvalue weighted by molar-refractivity contribution is 0.616. The zero-order valence-corrected chi connectivity index (χ0v) is 11.2. The fourth-order valence-electron chi connectivity index (χ4n) is 1.06. The van der Waals surface area contributed by atoms with Crippen LogP contribution in [0, 0.1) is 5.82 Å². The Balaban J connectivity index is 2.04. The molecule has 0 aliphatic heterocycles. The summed E-state index contributed by atoms with van der Waals surface area (Å²) in [5.41, 5.74) is 6.09. The van der Waals surface area contributed by atoms with Crippen LogP contribution in [-0.4, -0.2) is 10.2 Å². The summed E-state index contributed by atoms with van der Waals surface area (Å²) in [6.07, 6.45) is 0. The van der Waals surface area contributed by atoms with Crippen molar-refractivity contribution in [3.05, 3.63) is 34.1 Å². The molecule has 0 spiro atoms. The maximum atomic E-state index is 13.5. The van der Waals surface area contributed by atoms with Gasteiger partial charge in [0.25, 0.3) is 0 Å². The van der Waals surface area contributed by atoms with Gasteiger partial charge >= 0.3 is 0 Å². The predicted molar refractivity (Wildman–Crippen MR) is 68.0 cm³/mol. The van der Waals surface area contributed by atoms with E-state index in [2.05, 4.69) is 26.1 Å². The summed E-state index contributed by atoms with van der Waals surface area (Å²) in [7, 11) is 0. The molecule has 2 rings (SSSR count). The van der Waals surface area contributed by atoms with Crippen molar-refractivity contribution < 1.29 is 4.39 Å². The van der Waals surface area contributed by atoms with Gasteiger partial charge in [-0.05, 0) is 17.7 Å². The number of anilines is 1. The van der Waals surface area contributed by atoms with E-state index in [9.17, 15) is 4.39 Å². The number of thioether (sulfide) groups is 1. The van der Waals surface area contributed by atoms with Crippen LogP contribution in [-0.2, 0) is 5.75 Å². The molecule has 0 unspecified atom stereocenters. The zero-order chi connectivity index (χ0) is 11.5. The largest absolute Gasteiger partial charge is 0.374 e. The van der Waals surface area contributed by atoms with Crippen LogP contribution in [0.4, 0.5) is 9.52 Å². The average molecular weight is 320 g/mol. The molecule has 2 N–H and O–H groups in total.